The summed E-state index contributed by atoms with van der Waals surface area (Å²) in [4.78, 5) is 16.4. The van der Waals surface area contributed by atoms with Crippen LogP contribution in [0.15, 0.2) is 42.5 Å². The van der Waals surface area contributed by atoms with Gasteiger partial charge >= 0.3 is 6.03 Å². The molecule has 2 aliphatic rings. The van der Waals surface area contributed by atoms with E-state index in [-0.39, 0.29) is 23.6 Å². The number of halogens is 1. The Balaban J connectivity index is 1.37. The molecule has 0 aliphatic carbocycles. The Hall–Kier alpha value is -2.76. The largest absolute Gasteiger partial charge is 0.508 e. The van der Waals surface area contributed by atoms with Gasteiger partial charge in [-0.25, -0.2) is 9.18 Å². The SMILES string of the molecule is O=C(NC1CCN(c2ccccc2F)C1)N1CCc2ccc(O)cc2C1. The van der Waals surface area contributed by atoms with Crippen LogP contribution in [0.25, 0.3) is 0 Å². The minimum absolute atomic E-state index is 0.00711. The highest BCUT2D eigenvalue weighted by molar-refractivity contribution is 5.75. The Bertz CT molecular complexity index is 826. The second-order valence-corrected chi connectivity index (χ2v) is 6.96. The predicted octanol–water partition coefficient (Wildman–Crippen LogP) is 2.88. The van der Waals surface area contributed by atoms with Crippen LogP contribution >= 0.6 is 0 Å². The van der Waals surface area contributed by atoms with Gasteiger partial charge in [-0.15, -0.1) is 0 Å². The van der Waals surface area contributed by atoms with Gasteiger partial charge in [0.2, 0.25) is 0 Å². The van der Waals surface area contributed by atoms with Crippen LogP contribution in [-0.2, 0) is 13.0 Å². The number of carbonyl (C=O) groups excluding carboxylic acids is 1. The van der Waals surface area contributed by atoms with Crippen molar-refractivity contribution in [2.24, 2.45) is 0 Å². The van der Waals surface area contributed by atoms with Crippen LogP contribution in [0.4, 0.5) is 14.9 Å². The van der Waals surface area contributed by atoms with Crippen LogP contribution in [0.5, 0.6) is 5.75 Å². The number of aromatic hydroxyl groups is 1. The number of benzene rings is 2. The molecule has 1 unspecified atom stereocenters. The van der Waals surface area contributed by atoms with Crippen LogP contribution in [0.2, 0.25) is 0 Å². The zero-order chi connectivity index (χ0) is 18.1. The molecular weight excluding hydrogens is 333 g/mol. The average molecular weight is 355 g/mol. The van der Waals surface area contributed by atoms with Gasteiger partial charge in [-0.05, 0) is 48.2 Å². The molecule has 0 saturated carbocycles. The van der Waals surface area contributed by atoms with Crippen molar-refractivity contribution in [2.75, 3.05) is 24.5 Å². The molecule has 0 bridgehead atoms. The van der Waals surface area contributed by atoms with Crippen LogP contribution in [0.3, 0.4) is 0 Å². The standard InChI is InChI=1S/C20H22FN3O2/c21-18-3-1-2-4-19(18)23-10-8-16(13-23)22-20(26)24-9-7-14-5-6-17(25)11-15(14)12-24/h1-6,11,16,25H,7-10,12-13H2,(H,22,26). The maximum absolute atomic E-state index is 13.9. The number of nitrogens with zero attached hydrogens (tertiary/aromatic N) is 2. The van der Waals surface area contributed by atoms with E-state index in [4.69, 9.17) is 0 Å². The monoisotopic (exact) mass is 355 g/mol. The van der Waals surface area contributed by atoms with E-state index in [0.29, 0.717) is 25.3 Å². The number of hydrogen-bond acceptors (Lipinski definition) is 3. The Kier molecular flexibility index (Phi) is 4.41. The Labute approximate surface area is 152 Å². The summed E-state index contributed by atoms with van der Waals surface area (Å²) in [7, 11) is 0. The lowest BCUT2D eigenvalue weighted by Crippen LogP contribution is -2.47. The third-order valence-corrected chi connectivity index (χ3v) is 5.20. The van der Waals surface area contributed by atoms with E-state index in [2.05, 4.69) is 5.32 Å². The predicted molar refractivity (Wildman–Crippen MR) is 97.8 cm³/mol. The number of urea groups is 1. The van der Waals surface area contributed by atoms with Crippen molar-refractivity contribution < 1.29 is 14.3 Å². The summed E-state index contributed by atoms with van der Waals surface area (Å²) in [5.41, 5.74) is 2.76. The molecule has 26 heavy (non-hydrogen) atoms. The van der Waals surface area contributed by atoms with Crippen molar-refractivity contribution in [1.29, 1.82) is 0 Å². The highest BCUT2D eigenvalue weighted by atomic mass is 19.1. The van der Waals surface area contributed by atoms with E-state index in [9.17, 15) is 14.3 Å². The zero-order valence-electron chi connectivity index (χ0n) is 14.5. The first-order valence-electron chi connectivity index (χ1n) is 8.96. The quantitative estimate of drug-likeness (QED) is 0.871. The fourth-order valence-corrected chi connectivity index (χ4v) is 3.79. The van der Waals surface area contributed by atoms with Gasteiger partial charge in [-0.3, -0.25) is 0 Å². The van der Waals surface area contributed by atoms with Gasteiger partial charge in [-0.2, -0.15) is 0 Å². The summed E-state index contributed by atoms with van der Waals surface area (Å²) in [5.74, 6) is -0.00532. The molecule has 5 nitrogen and oxygen atoms in total. The normalized spacial score (nSPS) is 19.3. The molecule has 2 amide bonds. The molecule has 2 N–H and O–H groups in total. The molecule has 2 aliphatic heterocycles. The summed E-state index contributed by atoms with van der Waals surface area (Å²) < 4.78 is 13.9. The fourth-order valence-electron chi connectivity index (χ4n) is 3.79. The van der Waals surface area contributed by atoms with Crippen molar-refractivity contribution >= 4 is 11.7 Å². The van der Waals surface area contributed by atoms with Gasteiger partial charge in [0.1, 0.15) is 11.6 Å². The van der Waals surface area contributed by atoms with Gasteiger partial charge in [0.05, 0.1) is 5.69 Å². The first-order valence-corrected chi connectivity index (χ1v) is 8.96. The van der Waals surface area contributed by atoms with Crippen LogP contribution in [0, 0.1) is 5.82 Å². The third kappa shape index (κ3) is 3.31. The molecule has 0 spiro atoms. The number of phenolic OH excluding ortho intramolecular Hbond substituents is 1. The van der Waals surface area contributed by atoms with Crippen molar-refractivity contribution in [3.63, 3.8) is 0 Å². The number of phenols is 1. The number of fused-ring (bicyclic) bond motifs is 1. The molecule has 0 radical (unpaired) electrons. The molecule has 1 atom stereocenters. The molecule has 2 heterocycles. The minimum atomic E-state index is -0.230. The summed E-state index contributed by atoms with van der Waals surface area (Å²) in [6.45, 7) is 2.49. The van der Waals surface area contributed by atoms with E-state index < -0.39 is 0 Å². The van der Waals surface area contributed by atoms with Crippen molar-refractivity contribution in [3.8, 4) is 5.75 Å². The number of amides is 2. The molecule has 4 rings (SSSR count). The summed E-state index contributed by atoms with van der Waals surface area (Å²) >= 11 is 0. The smallest absolute Gasteiger partial charge is 0.317 e. The van der Waals surface area contributed by atoms with Crippen molar-refractivity contribution in [2.45, 2.75) is 25.4 Å². The van der Waals surface area contributed by atoms with E-state index in [0.717, 1.165) is 24.9 Å². The third-order valence-electron chi connectivity index (χ3n) is 5.20. The molecule has 1 fully saturated rings. The fraction of sp³-hybridized carbons (Fsp3) is 0.350. The number of anilines is 1. The van der Waals surface area contributed by atoms with E-state index >= 15 is 0 Å². The van der Waals surface area contributed by atoms with Gasteiger partial charge in [-0.1, -0.05) is 18.2 Å². The Morgan fingerprint density at radius 2 is 2.00 bits per heavy atom. The average Bonchev–Trinajstić information content (AvgIpc) is 3.09. The van der Waals surface area contributed by atoms with E-state index in [1.165, 1.54) is 11.6 Å². The maximum atomic E-state index is 13.9. The second-order valence-electron chi connectivity index (χ2n) is 6.96. The highest BCUT2D eigenvalue weighted by Crippen LogP contribution is 2.25. The molecular formula is C20H22FN3O2. The number of nitrogens with one attached hydrogen (secondary N) is 1. The molecule has 136 valence electrons. The molecule has 1 saturated heterocycles. The lowest BCUT2D eigenvalue weighted by Gasteiger charge is -2.30. The van der Waals surface area contributed by atoms with Crippen molar-refractivity contribution in [3.05, 3.63) is 59.4 Å². The molecule has 2 aromatic carbocycles. The second kappa shape index (κ2) is 6.86. The zero-order valence-corrected chi connectivity index (χ0v) is 14.5. The van der Waals surface area contributed by atoms with E-state index in [1.807, 2.05) is 17.0 Å². The molecule has 2 aromatic rings. The van der Waals surface area contributed by atoms with Gasteiger partial charge in [0, 0.05) is 32.2 Å². The number of hydrogen-bond donors (Lipinski definition) is 2. The first-order chi connectivity index (χ1) is 12.6. The first kappa shape index (κ1) is 16.7. The summed E-state index contributed by atoms with van der Waals surface area (Å²) in [6, 6.07) is 12.0. The van der Waals surface area contributed by atoms with Crippen LogP contribution in [-0.4, -0.2) is 41.7 Å². The number of carbonyl (C=O) groups is 1. The van der Waals surface area contributed by atoms with Crippen molar-refractivity contribution in [1.82, 2.24) is 10.2 Å². The van der Waals surface area contributed by atoms with Gasteiger partial charge in [0.25, 0.3) is 0 Å². The molecule has 6 heteroatoms. The van der Waals surface area contributed by atoms with Gasteiger partial charge in [0.15, 0.2) is 0 Å². The van der Waals surface area contributed by atoms with Crippen LogP contribution < -0.4 is 10.2 Å². The Morgan fingerprint density at radius 3 is 2.85 bits per heavy atom. The number of rotatable bonds is 2. The summed E-state index contributed by atoms with van der Waals surface area (Å²) in [6.07, 6.45) is 1.58. The maximum Gasteiger partial charge on any atom is 0.317 e. The number of para-hydroxylation sites is 1. The topological polar surface area (TPSA) is 55.8 Å². The lowest BCUT2D eigenvalue weighted by molar-refractivity contribution is 0.189. The summed E-state index contributed by atoms with van der Waals surface area (Å²) in [5, 5.41) is 12.7. The van der Waals surface area contributed by atoms with Crippen LogP contribution in [0.1, 0.15) is 17.5 Å². The van der Waals surface area contributed by atoms with E-state index in [1.54, 1.807) is 29.2 Å². The highest BCUT2D eigenvalue weighted by Gasteiger charge is 2.28. The lowest BCUT2D eigenvalue weighted by atomic mass is 10.00. The molecule has 0 aromatic heterocycles. The minimum Gasteiger partial charge on any atom is -0.508 e. The Morgan fingerprint density at radius 1 is 1.15 bits per heavy atom. The van der Waals surface area contributed by atoms with Gasteiger partial charge < -0.3 is 20.2 Å².